The van der Waals surface area contributed by atoms with Crippen molar-refractivity contribution in [1.29, 1.82) is 0 Å². The van der Waals surface area contributed by atoms with Crippen molar-refractivity contribution in [2.75, 3.05) is 5.32 Å². The number of aryl methyl sites for hydroxylation is 1. The Hall–Kier alpha value is -2.91. The second-order valence-electron chi connectivity index (χ2n) is 5.39. The lowest BCUT2D eigenvalue weighted by Crippen LogP contribution is -2.17. The second kappa shape index (κ2) is 6.11. The number of hydrogen-bond acceptors (Lipinski definition) is 3. The topological polar surface area (TPSA) is 39.1 Å². The highest BCUT2D eigenvalue weighted by Gasteiger charge is 2.31. The molecule has 26 heavy (non-hydrogen) atoms. The van der Waals surface area contributed by atoms with Crippen molar-refractivity contribution in [3.63, 3.8) is 0 Å². The van der Waals surface area contributed by atoms with Gasteiger partial charge in [0.15, 0.2) is 0 Å². The third kappa shape index (κ3) is 3.84. The van der Waals surface area contributed by atoms with Gasteiger partial charge in [0.05, 0.1) is 16.6 Å². The summed E-state index contributed by atoms with van der Waals surface area (Å²) in [6, 6.07) is 8.08. The monoisotopic (exact) mass is 375 g/mol. The first-order valence-electron chi connectivity index (χ1n) is 7.19. The van der Waals surface area contributed by atoms with Crippen LogP contribution in [0.25, 0.3) is 11.0 Å². The van der Waals surface area contributed by atoms with E-state index >= 15 is 0 Å². The molecule has 0 bridgehead atoms. The van der Waals surface area contributed by atoms with Gasteiger partial charge in [0.1, 0.15) is 5.75 Å². The van der Waals surface area contributed by atoms with Crippen LogP contribution in [0, 0.1) is 0 Å². The van der Waals surface area contributed by atoms with Gasteiger partial charge in [-0.1, -0.05) is 0 Å². The summed E-state index contributed by atoms with van der Waals surface area (Å²) in [6.07, 6.45) is -9.27. The molecule has 0 unspecified atom stereocenters. The first kappa shape index (κ1) is 17.9. The van der Waals surface area contributed by atoms with Crippen molar-refractivity contribution in [1.82, 2.24) is 9.55 Å². The summed E-state index contributed by atoms with van der Waals surface area (Å²) in [6.45, 7) is 0. The van der Waals surface area contributed by atoms with Crippen LogP contribution in [-0.2, 0) is 13.2 Å². The fourth-order valence-electron chi connectivity index (χ4n) is 2.36. The Labute approximate surface area is 143 Å². The van der Waals surface area contributed by atoms with Crippen LogP contribution in [0.2, 0.25) is 0 Å². The summed E-state index contributed by atoms with van der Waals surface area (Å²) < 4.78 is 80.1. The zero-order chi connectivity index (χ0) is 19.1. The van der Waals surface area contributed by atoms with Gasteiger partial charge in [0.25, 0.3) is 0 Å². The molecular formula is C16H11F6N3O. The van der Waals surface area contributed by atoms with Crippen LogP contribution >= 0.6 is 0 Å². The predicted octanol–water partition coefficient (Wildman–Crippen LogP) is 5.23. The van der Waals surface area contributed by atoms with Gasteiger partial charge in [-0.15, -0.1) is 13.2 Å². The number of aromatic nitrogens is 2. The smallest absolute Gasteiger partial charge is 0.406 e. The predicted molar refractivity (Wildman–Crippen MR) is 82.1 cm³/mol. The third-order valence-electron chi connectivity index (χ3n) is 3.55. The molecule has 1 aromatic heterocycles. The van der Waals surface area contributed by atoms with Gasteiger partial charge in [0, 0.05) is 12.7 Å². The zero-order valence-electron chi connectivity index (χ0n) is 13.1. The van der Waals surface area contributed by atoms with Crippen molar-refractivity contribution in [3.8, 4) is 5.75 Å². The lowest BCUT2D eigenvalue weighted by Gasteiger charge is -2.10. The minimum atomic E-state index is -4.79. The van der Waals surface area contributed by atoms with Crippen LogP contribution in [-0.4, -0.2) is 15.9 Å². The van der Waals surface area contributed by atoms with Crippen molar-refractivity contribution in [2.24, 2.45) is 7.05 Å². The van der Waals surface area contributed by atoms with Crippen molar-refractivity contribution in [2.45, 2.75) is 12.5 Å². The number of imidazole rings is 1. The fraction of sp³-hybridized carbons (Fsp3) is 0.188. The van der Waals surface area contributed by atoms with E-state index in [9.17, 15) is 26.3 Å². The van der Waals surface area contributed by atoms with Gasteiger partial charge in [0.2, 0.25) is 5.95 Å². The van der Waals surface area contributed by atoms with E-state index in [4.69, 9.17) is 0 Å². The first-order chi connectivity index (χ1) is 12.0. The van der Waals surface area contributed by atoms with Crippen LogP contribution in [0.3, 0.4) is 0 Å². The summed E-state index contributed by atoms with van der Waals surface area (Å²) >= 11 is 0. The summed E-state index contributed by atoms with van der Waals surface area (Å²) in [5, 5.41) is 2.84. The molecular weight excluding hydrogens is 364 g/mol. The van der Waals surface area contributed by atoms with E-state index in [0.717, 1.165) is 24.3 Å². The molecule has 2 aromatic carbocycles. The van der Waals surface area contributed by atoms with E-state index in [-0.39, 0.29) is 17.2 Å². The van der Waals surface area contributed by atoms with E-state index in [1.54, 1.807) is 7.05 Å². The maximum atomic E-state index is 12.8. The molecule has 4 nitrogen and oxygen atoms in total. The number of nitrogens with one attached hydrogen (secondary N) is 1. The molecule has 0 aliphatic carbocycles. The van der Waals surface area contributed by atoms with E-state index in [0.29, 0.717) is 11.2 Å². The molecule has 1 N–H and O–H groups in total. The Balaban J connectivity index is 1.85. The Morgan fingerprint density at radius 2 is 1.62 bits per heavy atom. The number of alkyl halides is 6. The molecule has 3 aromatic rings. The number of rotatable bonds is 3. The van der Waals surface area contributed by atoms with Gasteiger partial charge in [-0.3, -0.25) is 0 Å². The molecule has 0 saturated carbocycles. The number of anilines is 2. The van der Waals surface area contributed by atoms with E-state index in [1.807, 2.05) is 0 Å². The largest absolute Gasteiger partial charge is 0.573 e. The molecule has 0 fully saturated rings. The van der Waals surface area contributed by atoms with Crippen molar-refractivity contribution in [3.05, 3.63) is 48.0 Å². The van der Waals surface area contributed by atoms with Crippen LogP contribution < -0.4 is 10.1 Å². The average Bonchev–Trinajstić information content (AvgIpc) is 2.83. The molecule has 1 heterocycles. The SMILES string of the molecule is Cn1c(Nc2ccc(OC(F)(F)F)cc2)nc2cc(C(F)(F)F)ccc21. The van der Waals surface area contributed by atoms with Crippen molar-refractivity contribution >= 4 is 22.7 Å². The van der Waals surface area contributed by atoms with Gasteiger partial charge < -0.3 is 14.6 Å². The molecule has 0 amide bonds. The first-order valence-corrected chi connectivity index (χ1v) is 7.19. The highest BCUT2D eigenvalue weighted by molar-refractivity contribution is 5.80. The van der Waals surface area contributed by atoms with Gasteiger partial charge in [-0.2, -0.15) is 13.2 Å². The molecule has 0 aliphatic heterocycles. The van der Waals surface area contributed by atoms with Crippen molar-refractivity contribution < 1.29 is 31.1 Å². The fourth-order valence-corrected chi connectivity index (χ4v) is 2.36. The number of benzene rings is 2. The Kier molecular flexibility index (Phi) is 4.21. The lowest BCUT2D eigenvalue weighted by molar-refractivity contribution is -0.274. The molecule has 0 aliphatic rings. The number of fused-ring (bicyclic) bond motifs is 1. The zero-order valence-corrected chi connectivity index (χ0v) is 13.1. The van der Waals surface area contributed by atoms with Gasteiger partial charge in [-0.25, -0.2) is 4.98 Å². The van der Waals surface area contributed by atoms with Gasteiger partial charge in [-0.05, 0) is 42.5 Å². The third-order valence-corrected chi connectivity index (χ3v) is 3.55. The number of ether oxygens (including phenoxy) is 1. The Morgan fingerprint density at radius 3 is 2.19 bits per heavy atom. The Bertz CT molecular complexity index is 928. The number of hydrogen-bond donors (Lipinski definition) is 1. The molecule has 0 saturated heterocycles. The van der Waals surface area contributed by atoms with Crippen LogP contribution in [0.5, 0.6) is 5.75 Å². The highest BCUT2D eigenvalue weighted by Crippen LogP contribution is 2.32. The van der Waals surface area contributed by atoms with E-state index < -0.39 is 18.1 Å². The maximum absolute atomic E-state index is 12.8. The summed E-state index contributed by atoms with van der Waals surface area (Å²) in [5.74, 6) is -0.147. The van der Waals surface area contributed by atoms with E-state index in [2.05, 4.69) is 15.0 Å². The molecule has 3 rings (SSSR count). The summed E-state index contributed by atoms with van der Waals surface area (Å²) in [7, 11) is 1.60. The minimum Gasteiger partial charge on any atom is -0.406 e. The van der Waals surface area contributed by atoms with E-state index in [1.165, 1.54) is 22.8 Å². The van der Waals surface area contributed by atoms with Crippen LogP contribution in [0.4, 0.5) is 38.0 Å². The molecule has 0 atom stereocenters. The standard InChI is InChI=1S/C16H11F6N3O/c1-25-13-7-2-9(15(17,18)19)8-12(13)24-14(25)23-10-3-5-11(6-4-10)26-16(20,21)22/h2-8H,1H3,(H,23,24). The summed E-state index contributed by atoms with van der Waals surface area (Å²) in [4.78, 5) is 4.10. The Morgan fingerprint density at radius 1 is 0.962 bits per heavy atom. The highest BCUT2D eigenvalue weighted by atomic mass is 19.4. The second-order valence-corrected chi connectivity index (χ2v) is 5.39. The minimum absolute atomic E-state index is 0.141. The maximum Gasteiger partial charge on any atom is 0.573 e. The lowest BCUT2D eigenvalue weighted by atomic mass is 10.2. The quantitative estimate of drug-likeness (QED) is 0.637. The molecule has 0 radical (unpaired) electrons. The number of nitrogens with zero attached hydrogens (tertiary/aromatic N) is 2. The number of halogens is 6. The molecule has 0 spiro atoms. The normalized spacial score (nSPS) is 12.4. The van der Waals surface area contributed by atoms with Crippen LogP contribution in [0.15, 0.2) is 42.5 Å². The average molecular weight is 375 g/mol. The molecule has 138 valence electrons. The summed E-state index contributed by atoms with van der Waals surface area (Å²) in [5.41, 5.74) is 0.191. The van der Waals surface area contributed by atoms with Crippen LogP contribution in [0.1, 0.15) is 5.56 Å². The molecule has 10 heteroatoms. The van der Waals surface area contributed by atoms with Gasteiger partial charge >= 0.3 is 12.5 Å².